The lowest BCUT2D eigenvalue weighted by molar-refractivity contribution is -0.0468. The Morgan fingerprint density at radius 1 is 1.30 bits per heavy atom. The first kappa shape index (κ1) is 15.9. The van der Waals surface area contributed by atoms with Gasteiger partial charge in [-0.2, -0.15) is 5.10 Å². The summed E-state index contributed by atoms with van der Waals surface area (Å²) in [5.41, 5.74) is 0.656. The molecule has 0 aromatic carbocycles. The van der Waals surface area contributed by atoms with Crippen molar-refractivity contribution in [1.29, 1.82) is 0 Å². The van der Waals surface area contributed by atoms with Crippen LogP contribution in [0.3, 0.4) is 0 Å². The molecule has 6 heteroatoms. The van der Waals surface area contributed by atoms with Crippen LogP contribution in [0.25, 0.3) is 0 Å². The lowest BCUT2D eigenvalue weighted by Crippen LogP contribution is -2.48. The summed E-state index contributed by atoms with van der Waals surface area (Å²) in [7, 11) is 1.92. The van der Waals surface area contributed by atoms with Crippen molar-refractivity contribution in [3.05, 3.63) is 36.0 Å². The van der Waals surface area contributed by atoms with Crippen LogP contribution >= 0.6 is 0 Å². The van der Waals surface area contributed by atoms with E-state index in [0.717, 1.165) is 30.3 Å². The Balaban J connectivity index is 1.87. The molecule has 0 N–H and O–H groups in total. The molecule has 2 aromatic rings. The summed E-state index contributed by atoms with van der Waals surface area (Å²) in [6, 6.07) is 1.98. The number of rotatable bonds is 2. The van der Waals surface area contributed by atoms with Crippen LogP contribution in [-0.2, 0) is 22.8 Å². The number of hydrogen-bond acceptors (Lipinski definition) is 5. The smallest absolute Gasteiger partial charge is 0.135 e. The SMILES string of the molecule is Cn1cc(C2(C)CN(c3ccnc(C(C)(C)C)n3)CCO2)cn1. The van der Waals surface area contributed by atoms with Crippen LogP contribution in [-0.4, -0.2) is 39.4 Å². The number of morpholine rings is 1. The van der Waals surface area contributed by atoms with E-state index in [9.17, 15) is 0 Å². The first-order valence-electron chi connectivity index (χ1n) is 7.99. The average molecular weight is 315 g/mol. The van der Waals surface area contributed by atoms with Gasteiger partial charge in [-0.15, -0.1) is 0 Å². The second-order valence-corrected chi connectivity index (χ2v) is 7.39. The molecule has 6 nitrogen and oxygen atoms in total. The van der Waals surface area contributed by atoms with Crippen LogP contribution in [0.5, 0.6) is 0 Å². The molecule has 0 aliphatic carbocycles. The van der Waals surface area contributed by atoms with E-state index in [0.29, 0.717) is 6.61 Å². The second kappa shape index (κ2) is 5.60. The molecular weight excluding hydrogens is 290 g/mol. The summed E-state index contributed by atoms with van der Waals surface area (Å²) in [5.74, 6) is 1.83. The maximum atomic E-state index is 6.08. The average Bonchev–Trinajstić information content (AvgIpc) is 2.94. The van der Waals surface area contributed by atoms with Crippen LogP contribution < -0.4 is 4.90 Å². The Morgan fingerprint density at radius 3 is 2.74 bits per heavy atom. The molecule has 124 valence electrons. The number of ether oxygens (including phenoxy) is 1. The zero-order chi connectivity index (χ0) is 16.7. The summed E-state index contributed by atoms with van der Waals surface area (Å²) < 4.78 is 7.89. The van der Waals surface area contributed by atoms with E-state index in [1.807, 2.05) is 36.4 Å². The normalized spacial score (nSPS) is 22.4. The van der Waals surface area contributed by atoms with Crippen molar-refractivity contribution in [3.63, 3.8) is 0 Å². The van der Waals surface area contributed by atoms with Crippen molar-refractivity contribution in [2.75, 3.05) is 24.6 Å². The van der Waals surface area contributed by atoms with Crippen molar-refractivity contribution in [1.82, 2.24) is 19.7 Å². The highest BCUT2D eigenvalue weighted by Gasteiger charge is 2.35. The minimum atomic E-state index is -0.376. The largest absolute Gasteiger partial charge is 0.367 e. The van der Waals surface area contributed by atoms with E-state index in [-0.39, 0.29) is 11.0 Å². The van der Waals surface area contributed by atoms with Gasteiger partial charge in [0.2, 0.25) is 0 Å². The Morgan fingerprint density at radius 2 is 2.09 bits per heavy atom. The quantitative estimate of drug-likeness (QED) is 0.851. The third-order valence-corrected chi connectivity index (χ3v) is 4.23. The molecule has 3 rings (SSSR count). The van der Waals surface area contributed by atoms with E-state index < -0.39 is 0 Å². The maximum Gasteiger partial charge on any atom is 0.135 e. The van der Waals surface area contributed by atoms with Crippen LogP contribution in [0.1, 0.15) is 39.1 Å². The minimum Gasteiger partial charge on any atom is -0.367 e. The van der Waals surface area contributed by atoms with E-state index in [2.05, 4.69) is 42.7 Å². The molecule has 1 atom stereocenters. The molecule has 2 aromatic heterocycles. The highest BCUT2D eigenvalue weighted by Crippen LogP contribution is 2.31. The summed E-state index contributed by atoms with van der Waals surface area (Å²) >= 11 is 0. The third kappa shape index (κ3) is 3.22. The highest BCUT2D eigenvalue weighted by atomic mass is 16.5. The molecule has 0 radical (unpaired) electrons. The van der Waals surface area contributed by atoms with Gasteiger partial charge in [-0.1, -0.05) is 20.8 Å². The molecule has 0 spiro atoms. The fourth-order valence-corrected chi connectivity index (χ4v) is 2.82. The zero-order valence-electron chi connectivity index (χ0n) is 14.6. The Labute approximate surface area is 137 Å². The third-order valence-electron chi connectivity index (χ3n) is 4.23. The molecule has 3 heterocycles. The first-order chi connectivity index (χ1) is 10.8. The Bertz CT molecular complexity index is 690. The second-order valence-electron chi connectivity index (χ2n) is 7.39. The standard InChI is InChI=1S/C17H25N5O/c1-16(2,3)15-18-7-6-14(20-15)22-8-9-23-17(4,12-22)13-10-19-21(5)11-13/h6-7,10-11H,8-9,12H2,1-5H3. The van der Waals surface area contributed by atoms with E-state index in [4.69, 9.17) is 9.72 Å². The van der Waals surface area contributed by atoms with Gasteiger partial charge in [0.1, 0.15) is 17.2 Å². The molecule has 1 aliphatic rings. The molecule has 1 saturated heterocycles. The summed E-state index contributed by atoms with van der Waals surface area (Å²) in [6.07, 6.45) is 5.74. The van der Waals surface area contributed by atoms with Crippen LogP contribution in [0.15, 0.2) is 24.7 Å². The summed E-state index contributed by atoms with van der Waals surface area (Å²) in [5, 5.41) is 4.27. The van der Waals surface area contributed by atoms with Crippen molar-refractivity contribution in [2.45, 2.75) is 38.7 Å². The number of aromatic nitrogens is 4. The molecule has 1 aliphatic heterocycles. The minimum absolute atomic E-state index is 0.0606. The van der Waals surface area contributed by atoms with Gasteiger partial charge in [0.15, 0.2) is 0 Å². The summed E-state index contributed by atoms with van der Waals surface area (Å²) in [6.45, 7) is 10.7. The van der Waals surface area contributed by atoms with Crippen molar-refractivity contribution >= 4 is 5.82 Å². The van der Waals surface area contributed by atoms with E-state index >= 15 is 0 Å². The lowest BCUT2D eigenvalue weighted by atomic mass is 9.95. The van der Waals surface area contributed by atoms with Crippen LogP contribution in [0, 0.1) is 0 Å². The monoisotopic (exact) mass is 315 g/mol. The molecule has 1 unspecified atom stereocenters. The lowest BCUT2D eigenvalue weighted by Gasteiger charge is -2.40. The fraction of sp³-hybridized carbons (Fsp3) is 0.588. The molecule has 23 heavy (non-hydrogen) atoms. The number of nitrogens with zero attached hydrogens (tertiary/aromatic N) is 5. The number of hydrogen-bond donors (Lipinski definition) is 0. The van der Waals surface area contributed by atoms with Gasteiger partial charge in [-0.05, 0) is 13.0 Å². The van der Waals surface area contributed by atoms with E-state index in [1.54, 1.807) is 0 Å². The summed E-state index contributed by atoms with van der Waals surface area (Å²) in [4.78, 5) is 11.5. The van der Waals surface area contributed by atoms with Gasteiger partial charge >= 0.3 is 0 Å². The Hall–Kier alpha value is -1.95. The first-order valence-corrected chi connectivity index (χ1v) is 7.99. The van der Waals surface area contributed by atoms with Gasteiger partial charge in [-0.25, -0.2) is 9.97 Å². The predicted molar refractivity (Wildman–Crippen MR) is 89.5 cm³/mol. The number of aryl methyl sites for hydroxylation is 1. The van der Waals surface area contributed by atoms with Gasteiger partial charge < -0.3 is 9.64 Å². The van der Waals surface area contributed by atoms with Gasteiger partial charge in [-0.3, -0.25) is 4.68 Å². The predicted octanol–water partition coefficient (Wildman–Crippen LogP) is 2.26. The van der Waals surface area contributed by atoms with Crippen molar-refractivity contribution in [3.8, 4) is 0 Å². The molecule has 0 saturated carbocycles. The van der Waals surface area contributed by atoms with Crippen molar-refractivity contribution < 1.29 is 4.74 Å². The van der Waals surface area contributed by atoms with Crippen molar-refractivity contribution in [2.24, 2.45) is 7.05 Å². The molecule has 0 amide bonds. The van der Waals surface area contributed by atoms with Gasteiger partial charge in [0.05, 0.1) is 19.3 Å². The molecular formula is C17H25N5O. The van der Waals surface area contributed by atoms with Crippen LogP contribution in [0.4, 0.5) is 5.82 Å². The Kier molecular flexibility index (Phi) is 3.88. The maximum absolute atomic E-state index is 6.08. The molecule has 1 fully saturated rings. The van der Waals surface area contributed by atoms with Gasteiger partial charge in [0.25, 0.3) is 0 Å². The highest BCUT2D eigenvalue weighted by molar-refractivity contribution is 5.40. The molecule has 0 bridgehead atoms. The fourth-order valence-electron chi connectivity index (χ4n) is 2.82. The zero-order valence-corrected chi connectivity index (χ0v) is 14.6. The van der Waals surface area contributed by atoms with Crippen LogP contribution in [0.2, 0.25) is 0 Å². The van der Waals surface area contributed by atoms with E-state index in [1.165, 1.54) is 0 Å². The topological polar surface area (TPSA) is 56.1 Å². The number of anilines is 1. The van der Waals surface area contributed by atoms with Gasteiger partial charge in [0, 0.05) is 37.0 Å².